The Labute approximate surface area is 294 Å². The number of nitrogens with one attached hydrogen (secondary N) is 2. The average molecular weight is 695 g/mol. The summed E-state index contributed by atoms with van der Waals surface area (Å²) in [5.41, 5.74) is 12.2. The van der Waals surface area contributed by atoms with Crippen molar-refractivity contribution in [3.8, 4) is 0 Å². The fraction of sp³-hybridized carbons (Fsp3) is 0.0250. The van der Waals surface area contributed by atoms with E-state index in [1.165, 1.54) is 10.6 Å². The van der Waals surface area contributed by atoms with Crippen LogP contribution in [0.5, 0.6) is 0 Å². The molecule has 2 amide bonds. The topological polar surface area (TPSA) is 147 Å². The van der Waals surface area contributed by atoms with Gasteiger partial charge in [-0.1, -0.05) is 140 Å². The number of nitrogens with two attached hydrogens (primary N) is 2. The lowest BCUT2D eigenvalue weighted by Gasteiger charge is -2.19. The summed E-state index contributed by atoms with van der Waals surface area (Å²) < 4.78 is 0. The number of carbonyl (C=O) groups excluding carboxylic acids is 2. The Morgan fingerprint density at radius 3 is 1.50 bits per heavy atom. The molecular weight excluding hydrogens is 658 g/mol. The number of benzene rings is 5. The van der Waals surface area contributed by atoms with Gasteiger partial charge in [0.2, 0.25) is 0 Å². The monoisotopic (exact) mass is 694 g/mol. The molecule has 0 saturated carbocycles. The molecule has 1 aromatic heterocycles. The highest BCUT2D eigenvalue weighted by molar-refractivity contribution is 7.80. The molecule has 50 heavy (non-hydrogen) atoms. The zero-order valence-electron chi connectivity index (χ0n) is 27.3. The first kappa shape index (κ1) is 35.5. The SMILES string of the molecule is CC(=N)NC(=O)c1cccc(P(c2ccccc2)c2ccccc2)c1.NC(N)=NC(=O)c1cccc(P(c2ccccc2)c2ccccc2)n1. The Morgan fingerprint density at radius 1 is 0.600 bits per heavy atom. The molecule has 0 fully saturated rings. The van der Waals surface area contributed by atoms with Gasteiger partial charge in [0.15, 0.2) is 5.96 Å². The van der Waals surface area contributed by atoms with Gasteiger partial charge in [0.1, 0.15) is 5.69 Å². The van der Waals surface area contributed by atoms with Crippen molar-refractivity contribution in [2.75, 3.05) is 0 Å². The molecule has 6 aromatic rings. The molecule has 5 aromatic carbocycles. The number of rotatable bonds is 8. The van der Waals surface area contributed by atoms with Crippen LogP contribution in [0, 0.1) is 5.41 Å². The van der Waals surface area contributed by atoms with Crippen molar-refractivity contribution in [3.63, 3.8) is 0 Å². The Hall–Kier alpha value is -5.81. The Kier molecular flexibility index (Phi) is 12.5. The van der Waals surface area contributed by atoms with E-state index < -0.39 is 21.8 Å². The minimum absolute atomic E-state index is 0.142. The van der Waals surface area contributed by atoms with E-state index in [1.807, 2.05) is 91.0 Å². The van der Waals surface area contributed by atoms with Crippen LogP contribution in [0.1, 0.15) is 27.8 Å². The van der Waals surface area contributed by atoms with Gasteiger partial charge in [0.05, 0.1) is 11.3 Å². The highest BCUT2D eigenvalue weighted by Crippen LogP contribution is 2.33. The lowest BCUT2D eigenvalue weighted by molar-refractivity contribution is 0.0974. The van der Waals surface area contributed by atoms with Gasteiger partial charge < -0.3 is 16.8 Å². The molecule has 8 nitrogen and oxygen atoms in total. The van der Waals surface area contributed by atoms with Crippen molar-refractivity contribution in [1.82, 2.24) is 10.3 Å². The average Bonchev–Trinajstić information content (AvgIpc) is 3.14. The maximum Gasteiger partial charge on any atom is 0.298 e. The Balaban J connectivity index is 0.000000194. The zero-order valence-corrected chi connectivity index (χ0v) is 29.1. The van der Waals surface area contributed by atoms with Crippen LogP contribution in [-0.4, -0.2) is 28.6 Å². The van der Waals surface area contributed by atoms with E-state index in [0.717, 1.165) is 21.3 Å². The minimum Gasteiger partial charge on any atom is -0.370 e. The number of carbonyl (C=O) groups is 2. The van der Waals surface area contributed by atoms with Gasteiger partial charge in [-0.2, -0.15) is 4.99 Å². The van der Waals surface area contributed by atoms with Crippen molar-refractivity contribution < 1.29 is 9.59 Å². The summed E-state index contributed by atoms with van der Waals surface area (Å²) in [5.74, 6) is -0.919. The second-order valence-corrected chi connectivity index (χ2v) is 15.2. The fourth-order valence-corrected chi connectivity index (χ4v) is 9.59. The third kappa shape index (κ3) is 9.64. The number of hydrogen-bond donors (Lipinski definition) is 4. The third-order valence-electron chi connectivity index (χ3n) is 7.14. The van der Waals surface area contributed by atoms with Crippen molar-refractivity contribution in [1.29, 1.82) is 5.41 Å². The van der Waals surface area contributed by atoms with E-state index in [-0.39, 0.29) is 23.4 Å². The third-order valence-corrected chi connectivity index (χ3v) is 11.9. The summed E-state index contributed by atoms with van der Waals surface area (Å²) in [6, 6.07) is 54.0. The van der Waals surface area contributed by atoms with Gasteiger partial charge >= 0.3 is 0 Å². The summed E-state index contributed by atoms with van der Waals surface area (Å²) in [6.07, 6.45) is 0. The number of amidine groups is 1. The van der Waals surface area contributed by atoms with E-state index in [2.05, 4.69) is 69.9 Å². The van der Waals surface area contributed by atoms with Crippen LogP contribution in [0.2, 0.25) is 0 Å². The highest BCUT2D eigenvalue weighted by Gasteiger charge is 2.20. The first-order chi connectivity index (χ1) is 24.3. The molecule has 6 rings (SSSR count). The number of guanidine groups is 1. The van der Waals surface area contributed by atoms with Gasteiger partial charge in [-0.15, -0.1) is 0 Å². The van der Waals surface area contributed by atoms with E-state index in [9.17, 15) is 9.59 Å². The van der Waals surface area contributed by atoms with E-state index in [4.69, 9.17) is 16.9 Å². The van der Waals surface area contributed by atoms with Gasteiger partial charge in [0, 0.05) is 13.5 Å². The van der Waals surface area contributed by atoms with Gasteiger partial charge in [-0.05, 0) is 65.6 Å². The van der Waals surface area contributed by atoms with Crippen LogP contribution in [0.15, 0.2) is 169 Å². The lowest BCUT2D eigenvalue weighted by Crippen LogP contribution is -2.28. The zero-order chi connectivity index (χ0) is 35.3. The molecule has 0 bridgehead atoms. The predicted octanol–water partition coefficient (Wildman–Crippen LogP) is 4.43. The van der Waals surface area contributed by atoms with E-state index in [1.54, 1.807) is 25.1 Å². The first-order valence-electron chi connectivity index (χ1n) is 15.7. The molecule has 0 radical (unpaired) electrons. The first-order valence-corrected chi connectivity index (χ1v) is 18.4. The van der Waals surface area contributed by atoms with Crippen molar-refractivity contribution in [2.45, 2.75) is 6.92 Å². The molecule has 0 saturated heterocycles. The smallest absolute Gasteiger partial charge is 0.298 e. The summed E-state index contributed by atoms with van der Waals surface area (Å²) >= 11 is 0. The molecule has 0 atom stereocenters. The second kappa shape index (κ2) is 17.5. The molecule has 0 aliphatic carbocycles. The summed E-state index contributed by atoms with van der Waals surface area (Å²) in [4.78, 5) is 32.5. The van der Waals surface area contributed by atoms with E-state index >= 15 is 0 Å². The Morgan fingerprint density at radius 2 is 1.04 bits per heavy atom. The number of amides is 2. The molecule has 248 valence electrons. The quantitative estimate of drug-likeness (QED) is 0.106. The standard InChI is InChI=1S/C21H19N2OP.C19H17N4OP/c1-16(22)23-21(24)17-9-8-14-20(15-17)25(18-10-4-2-5-11-18)19-12-6-3-7-13-19;20-19(21)23-18(24)16-12-7-13-17(22-16)25(14-8-3-1-4-9-14)15-10-5-2-6-11-15/h2-15H,1H3,(H2,22,23,24);1-13H,(H4,20,21,23,24). The van der Waals surface area contributed by atoms with Gasteiger partial charge in [-0.3, -0.25) is 15.0 Å². The number of aliphatic imine (C=N–C) groups is 1. The molecule has 1 heterocycles. The van der Waals surface area contributed by atoms with Gasteiger partial charge in [-0.25, -0.2) is 4.98 Å². The second-order valence-electron chi connectivity index (χ2n) is 10.9. The van der Waals surface area contributed by atoms with Crippen molar-refractivity contribution >= 4 is 71.4 Å². The van der Waals surface area contributed by atoms with Crippen LogP contribution in [0.3, 0.4) is 0 Å². The fourth-order valence-electron chi connectivity index (χ4n) is 5.04. The van der Waals surface area contributed by atoms with Crippen LogP contribution in [0.25, 0.3) is 0 Å². The lowest BCUT2D eigenvalue weighted by atomic mass is 10.2. The maximum atomic E-state index is 12.3. The summed E-state index contributed by atoms with van der Waals surface area (Å²) in [6.45, 7) is 1.56. The molecule has 10 heteroatoms. The number of pyridine rings is 1. The number of aromatic nitrogens is 1. The number of nitrogens with zero attached hydrogens (tertiary/aromatic N) is 2. The maximum absolute atomic E-state index is 12.3. The summed E-state index contributed by atoms with van der Waals surface area (Å²) in [5, 5.41) is 15.9. The predicted molar refractivity (Wildman–Crippen MR) is 209 cm³/mol. The molecule has 0 unspecified atom stereocenters. The van der Waals surface area contributed by atoms with Crippen LogP contribution in [-0.2, 0) is 0 Å². The number of hydrogen-bond acceptors (Lipinski definition) is 4. The molecular formula is C40H36N6O2P2. The molecule has 0 spiro atoms. The van der Waals surface area contributed by atoms with Crippen LogP contribution >= 0.6 is 15.8 Å². The highest BCUT2D eigenvalue weighted by atomic mass is 31.1. The Bertz CT molecular complexity index is 2000. The van der Waals surface area contributed by atoms with Gasteiger partial charge in [0.25, 0.3) is 11.8 Å². The van der Waals surface area contributed by atoms with Crippen LogP contribution in [0.4, 0.5) is 0 Å². The molecule has 6 N–H and O–H groups in total. The van der Waals surface area contributed by atoms with Crippen LogP contribution < -0.4 is 48.7 Å². The summed E-state index contributed by atoms with van der Waals surface area (Å²) in [7, 11) is -1.62. The molecule has 0 aliphatic rings. The van der Waals surface area contributed by atoms with E-state index in [0.29, 0.717) is 5.56 Å². The normalized spacial score (nSPS) is 10.5. The minimum atomic E-state index is -0.882. The molecule has 0 aliphatic heterocycles. The largest absolute Gasteiger partial charge is 0.370 e. The van der Waals surface area contributed by atoms with Crippen molar-refractivity contribution in [2.24, 2.45) is 16.5 Å². The van der Waals surface area contributed by atoms with Crippen molar-refractivity contribution in [3.05, 3.63) is 175 Å².